The molecule has 0 saturated carbocycles. The Morgan fingerprint density at radius 3 is 2.53 bits per heavy atom. The minimum absolute atomic E-state index is 0.839. The van der Waals surface area contributed by atoms with E-state index in [1.165, 1.54) is 31.2 Å². The summed E-state index contributed by atoms with van der Waals surface area (Å²) in [6.07, 6.45) is 9.00. The third-order valence-corrected chi connectivity index (χ3v) is 2.89. The van der Waals surface area contributed by atoms with Crippen LogP contribution in [0.15, 0.2) is 24.5 Å². The van der Waals surface area contributed by atoms with Crippen LogP contribution in [0.1, 0.15) is 45.6 Å². The lowest BCUT2D eigenvalue weighted by molar-refractivity contribution is 0.428. The normalized spacial score (nSPS) is 13.1. The highest BCUT2D eigenvalue weighted by Gasteiger charge is 2.04. The minimum Gasteiger partial charge on any atom is -0.264 e. The van der Waals surface area contributed by atoms with Gasteiger partial charge in [0, 0.05) is 12.4 Å². The molecule has 0 aliphatic heterocycles. The van der Waals surface area contributed by atoms with Gasteiger partial charge in [-0.1, -0.05) is 39.7 Å². The molecule has 1 nitrogen and oxygen atoms in total. The molecule has 1 aromatic heterocycles. The number of pyridine rings is 1. The van der Waals surface area contributed by atoms with Crippen molar-refractivity contribution in [2.75, 3.05) is 0 Å². The van der Waals surface area contributed by atoms with E-state index in [0.29, 0.717) is 0 Å². The second-order valence-corrected chi connectivity index (χ2v) is 4.98. The van der Waals surface area contributed by atoms with Gasteiger partial charge in [0.25, 0.3) is 0 Å². The molecule has 0 amide bonds. The van der Waals surface area contributed by atoms with E-state index < -0.39 is 0 Å². The molecule has 0 radical (unpaired) electrons. The van der Waals surface area contributed by atoms with Crippen LogP contribution < -0.4 is 0 Å². The van der Waals surface area contributed by atoms with Crippen molar-refractivity contribution in [2.24, 2.45) is 11.8 Å². The van der Waals surface area contributed by atoms with Gasteiger partial charge in [-0.3, -0.25) is 4.98 Å². The van der Waals surface area contributed by atoms with Gasteiger partial charge >= 0.3 is 0 Å². The Hall–Kier alpha value is -0.850. The summed E-state index contributed by atoms with van der Waals surface area (Å²) < 4.78 is 0. The predicted molar refractivity (Wildman–Crippen MR) is 65.8 cm³/mol. The molecule has 1 heterocycles. The predicted octanol–water partition coefficient (Wildman–Crippen LogP) is 4.09. The zero-order valence-electron chi connectivity index (χ0n) is 10.2. The van der Waals surface area contributed by atoms with Crippen LogP contribution in [-0.4, -0.2) is 4.98 Å². The highest BCUT2D eigenvalue weighted by Crippen LogP contribution is 2.16. The van der Waals surface area contributed by atoms with Crippen molar-refractivity contribution in [1.29, 1.82) is 0 Å². The number of hydrogen-bond donors (Lipinski definition) is 0. The highest BCUT2D eigenvalue weighted by atomic mass is 14.6. The molecule has 1 heteroatoms. The fourth-order valence-electron chi connectivity index (χ4n) is 1.72. The van der Waals surface area contributed by atoms with Crippen molar-refractivity contribution in [1.82, 2.24) is 4.98 Å². The van der Waals surface area contributed by atoms with Crippen molar-refractivity contribution < 1.29 is 0 Å². The first-order valence-electron chi connectivity index (χ1n) is 6.07. The topological polar surface area (TPSA) is 12.9 Å². The number of rotatable bonds is 6. The number of aryl methyl sites for hydroxylation is 1. The van der Waals surface area contributed by atoms with Crippen molar-refractivity contribution >= 4 is 0 Å². The summed E-state index contributed by atoms with van der Waals surface area (Å²) in [6.45, 7) is 6.96. The van der Waals surface area contributed by atoms with Crippen molar-refractivity contribution in [3.8, 4) is 0 Å². The van der Waals surface area contributed by atoms with Crippen LogP contribution in [-0.2, 0) is 6.42 Å². The molecule has 1 unspecified atom stereocenters. The molecule has 0 spiro atoms. The van der Waals surface area contributed by atoms with E-state index in [-0.39, 0.29) is 0 Å². The van der Waals surface area contributed by atoms with E-state index in [1.807, 2.05) is 18.5 Å². The van der Waals surface area contributed by atoms with Gasteiger partial charge in [-0.25, -0.2) is 0 Å². The molecule has 0 aliphatic rings. The van der Waals surface area contributed by atoms with Gasteiger partial charge in [0.2, 0.25) is 0 Å². The summed E-state index contributed by atoms with van der Waals surface area (Å²) in [5, 5.41) is 0. The number of hydrogen-bond acceptors (Lipinski definition) is 1. The summed E-state index contributed by atoms with van der Waals surface area (Å²) in [5.74, 6) is 1.68. The summed E-state index contributed by atoms with van der Waals surface area (Å²) in [6, 6.07) is 4.19. The Morgan fingerprint density at radius 1 is 1.13 bits per heavy atom. The average molecular weight is 205 g/mol. The quantitative estimate of drug-likeness (QED) is 0.681. The maximum absolute atomic E-state index is 4.14. The molecule has 0 bridgehead atoms. The van der Waals surface area contributed by atoms with Gasteiger partial charge < -0.3 is 0 Å². The molecule has 0 aliphatic carbocycles. The Bertz CT molecular complexity index is 253. The first kappa shape index (κ1) is 12.2. The van der Waals surface area contributed by atoms with E-state index in [0.717, 1.165) is 11.8 Å². The van der Waals surface area contributed by atoms with E-state index in [9.17, 15) is 0 Å². The van der Waals surface area contributed by atoms with Crippen LogP contribution in [0.3, 0.4) is 0 Å². The molecule has 0 fully saturated rings. The van der Waals surface area contributed by atoms with Crippen LogP contribution in [0.25, 0.3) is 0 Å². The van der Waals surface area contributed by atoms with Gasteiger partial charge in [0.05, 0.1) is 0 Å². The second kappa shape index (κ2) is 6.60. The second-order valence-electron chi connectivity index (χ2n) is 4.98. The first-order valence-corrected chi connectivity index (χ1v) is 6.07. The molecule has 1 rings (SSSR count). The zero-order valence-corrected chi connectivity index (χ0v) is 10.2. The van der Waals surface area contributed by atoms with Gasteiger partial charge in [-0.05, 0) is 36.3 Å². The molecule has 1 atom stereocenters. The summed E-state index contributed by atoms with van der Waals surface area (Å²) in [4.78, 5) is 4.14. The maximum atomic E-state index is 4.14. The Labute approximate surface area is 93.9 Å². The molecule has 84 valence electrons. The summed E-state index contributed by atoms with van der Waals surface area (Å²) in [7, 11) is 0. The molecule has 0 N–H and O–H groups in total. The highest BCUT2D eigenvalue weighted by molar-refractivity contribution is 5.08. The molecule has 0 saturated heterocycles. The average Bonchev–Trinajstić information content (AvgIpc) is 2.25. The van der Waals surface area contributed by atoms with Crippen molar-refractivity contribution in [3.63, 3.8) is 0 Å². The number of nitrogens with zero attached hydrogens (tertiary/aromatic N) is 1. The Kier molecular flexibility index (Phi) is 5.38. The van der Waals surface area contributed by atoms with Gasteiger partial charge in [-0.2, -0.15) is 0 Å². The lowest BCUT2D eigenvalue weighted by Crippen LogP contribution is -2.00. The monoisotopic (exact) mass is 205 g/mol. The van der Waals surface area contributed by atoms with E-state index in [2.05, 4.69) is 31.8 Å². The molecule has 15 heavy (non-hydrogen) atoms. The molecular formula is C14H23N. The smallest absolute Gasteiger partial charge is 0.0299 e. The first-order chi connectivity index (χ1) is 7.18. The summed E-state index contributed by atoms with van der Waals surface area (Å²) >= 11 is 0. The van der Waals surface area contributed by atoms with E-state index in [1.54, 1.807) is 0 Å². The third-order valence-electron chi connectivity index (χ3n) is 2.89. The number of aromatic nitrogens is 1. The minimum atomic E-state index is 0.839. The summed E-state index contributed by atoms with van der Waals surface area (Å²) in [5.41, 5.74) is 1.37. The lowest BCUT2D eigenvalue weighted by atomic mass is 9.94. The molecular weight excluding hydrogens is 182 g/mol. The Balaban J connectivity index is 2.19. The Morgan fingerprint density at radius 2 is 1.93 bits per heavy atom. The molecule has 1 aromatic rings. The van der Waals surface area contributed by atoms with E-state index in [4.69, 9.17) is 0 Å². The third kappa shape index (κ3) is 5.56. The van der Waals surface area contributed by atoms with Gasteiger partial charge in [0.1, 0.15) is 0 Å². The van der Waals surface area contributed by atoms with Crippen LogP contribution in [0.4, 0.5) is 0 Å². The van der Waals surface area contributed by atoms with Crippen molar-refractivity contribution in [2.45, 2.75) is 46.5 Å². The van der Waals surface area contributed by atoms with Crippen LogP contribution in [0, 0.1) is 11.8 Å². The van der Waals surface area contributed by atoms with Crippen LogP contribution in [0.2, 0.25) is 0 Å². The van der Waals surface area contributed by atoms with Gasteiger partial charge in [-0.15, -0.1) is 0 Å². The van der Waals surface area contributed by atoms with Crippen molar-refractivity contribution in [3.05, 3.63) is 30.1 Å². The van der Waals surface area contributed by atoms with Crippen LogP contribution in [0.5, 0.6) is 0 Å². The maximum Gasteiger partial charge on any atom is 0.0299 e. The molecule has 0 aromatic carbocycles. The largest absolute Gasteiger partial charge is 0.264 e. The fraction of sp³-hybridized carbons (Fsp3) is 0.643. The van der Waals surface area contributed by atoms with Gasteiger partial charge in [0.15, 0.2) is 0 Å². The van der Waals surface area contributed by atoms with Crippen LogP contribution >= 0.6 is 0 Å². The standard InChI is InChI=1S/C14H23N/c1-12(2)6-7-13(3)8-9-14-5-4-10-15-11-14/h4-5,10-13H,6-9H2,1-3H3. The zero-order chi connectivity index (χ0) is 11.1. The lowest BCUT2D eigenvalue weighted by Gasteiger charge is -2.12. The SMILES string of the molecule is CC(C)CCC(C)CCc1cccnc1. The fourth-order valence-corrected chi connectivity index (χ4v) is 1.72. The van der Waals surface area contributed by atoms with E-state index >= 15 is 0 Å².